The fourth-order valence-electron chi connectivity index (χ4n) is 4.97. The number of amides is 2. The van der Waals surface area contributed by atoms with E-state index in [1.165, 1.54) is 0 Å². The normalized spacial score (nSPS) is 20.4. The van der Waals surface area contributed by atoms with Gasteiger partial charge in [0, 0.05) is 37.0 Å². The van der Waals surface area contributed by atoms with E-state index in [9.17, 15) is 9.59 Å². The Kier molecular flexibility index (Phi) is 7.54. The zero-order valence-corrected chi connectivity index (χ0v) is 22.9. The molecule has 5 nitrogen and oxygen atoms in total. The first-order valence-electron chi connectivity index (χ1n) is 13.2. The molecule has 2 heterocycles. The van der Waals surface area contributed by atoms with Crippen molar-refractivity contribution in [2.24, 2.45) is 16.8 Å². The molecule has 1 aliphatic carbocycles. The average Bonchev–Trinajstić information content (AvgIpc) is 3.64. The molecule has 0 unspecified atom stereocenters. The van der Waals surface area contributed by atoms with Crippen LogP contribution in [0.3, 0.4) is 0 Å². The summed E-state index contributed by atoms with van der Waals surface area (Å²) in [6, 6.07) is 6.33. The van der Waals surface area contributed by atoms with Gasteiger partial charge >= 0.3 is 0 Å². The van der Waals surface area contributed by atoms with Gasteiger partial charge in [-0.15, -0.1) is 0 Å². The van der Waals surface area contributed by atoms with E-state index in [0.717, 1.165) is 65.2 Å². The highest BCUT2D eigenvalue weighted by Crippen LogP contribution is 2.35. The number of likely N-dealkylation sites (tertiary alicyclic amines) is 1. The van der Waals surface area contributed by atoms with Gasteiger partial charge in [-0.3, -0.25) is 19.5 Å². The number of nitrogens with zero attached hydrogens (tertiary/aromatic N) is 3. The van der Waals surface area contributed by atoms with Crippen molar-refractivity contribution in [3.8, 4) is 0 Å². The maximum Gasteiger partial charge on any atom is 0.255 e. The molecule has 0 spiro atoms. The van der Waals surface area contributed by atoms with Crippen molar-refractivity contribution in [3.05, 3.63) is 89.6 Å². The molecule has 1 saturated carbocycles. The SMILES string of the molecule is C=C\C=C/C(=C/C(=C\C)c1ccc(C2=NC(C)(C)C(=O)N2CC2CN(C(=O)C3CC3)C2)c(C)c1)C(=C)C. The van der Waals surface area contributed by atoms with Crippen LogP contribution in [-0.4, -0.2) is 52.6 Å². The van der Waals surface area contributed by atoms with Gasteiger partial charge in [0.05, 0.1) is 0 Å². The van der Waals surface area contributed by atoms with Gasteiger partial charge in [-0.25, -0.2) is 0 Å². The second-order valence-corrected chi connectivity index (χ2v) is 11.0. The molecule has 37 heavy (non-hydrogen) atoms. The van der Waals surface area contributed by atoms with Gasteiger partial charge in [-0.2, -0.15) is 0 Å². The van der Waals surface area contributed by atoms with Crippen LogP contribution >= 0.6 is 0 Å². The fraction of sp³-hybridized carbons (Fsp3) is 0.406. The Morgan fingerprint density at radius 1 is 1.24 bits per heavy atom. The maximum absolute atomic E-state index is 13.3. The van der Waals surface area contributed by atoms with Crippen molar-refractivity contribution in [1.82, 2.24) is 9.80 Å². The number of hydrogen-bond donors (Lipinski definition) is 0. The van der Waals surface area contributed by atoms with Gasteiger partial charge in [-0.1, -0.05) is 61.2 Å². The van der Waals surface area contributed by atoms with Crippen molar-refractivity contribution >= 4 is 23.2 Å². The summed E-state index contributed by atoms with van der Waals surface area (Å²) in [5, 5.41) is 0. The number of carbonyl (C=O) groups is 2. The second kappa shape index (κ2) is 10.5. The molecule has 2 fully saturated rings. The lowest BCUT2D eigenvalue weighted by Gasteiger charge is -2.41. The van der Waals surface area contributed by atoms with Crippen molar-refractivity contribution in [3.63, 3.8) is 0 Å². The third-order valence-corrected chi connectivity index (χ3v) is 7.37. The zero-order chi connectivity index (χ0) is 26.9. The van der Waals surface area contributed by atoms with E-state index in [0.29, 0.717) is 6.54 Å². The summed E-state index contributed by atoms with van der Waals surface area (Å²) in [7, 11) is 0. The Balaban J connectivity index is 1.56. The molecule has 3 aliphatic rings. The summed E-state index contributed by atoms with van der Waals surface area (Å²) in [5.41, 5.74) is 5.46. The number of allylic oxidation sites excluding steroid dienone is 8. The smallest absolute Gasteiger partial charge is 0.255 e. The summed E-state index contributed by atoms with van der Waals surface area (Å²) in [5.74, 6) is 1.57. The van der Waals surface area contributed by atoms with Gasteiger partial charge in [0.15, 0.2) is 0 Å². The predicted octanol–water partition coefficient (Wildman–Crippen LogP) is 5.88. The first-order valence-corrected chi connectivity index (χ1v) is 13.2. The van der Waals surface area contributed by atoms with Crippen LogP contribution in [-0.2, 0) is 9.59 Å². The standard InChI is InChI=1S/C32H39N3O2/c1-8-10-11-26(21(3)4)17-24(9-2)27-14-15-28(22(5)16-27)29-33-32(6,7)31(37)35(29)20-23-18-34(19-23)30(36)25-12-13-25/h8-11,14-17,23,25H,1,3,12-13,18-20H2,2,4-7H3/b11-10-,24-9+,26-17-. The summed E-state index contributed by atoms with van der Waals surface area (Å²) in [6.45, 7) is 19.8. The molecule has 1 aromatic carbocycles. The maximum atomic E-state index is 13.3. The lowest BCUT2D eigenvalue weighted by Crippen LogP contribution is -2.55. The lowest BCUT2D eigenvalue weighted by atomic mass is 9.95. The Hall–Kier alpha value is -3.47. The molecule has 0 atom stereocenters. The predicted molar refractivity (Wildman–Crippen MR) is 152 cm³/mol. The topological polar surface area (TPSA) is 53.0 Å². The van der Waals surface area contributed by atoms with E-state index in [1.54, 1.807) is 6.08 Å². The molecule has 2 amide bonds. The van der Waals surface area contributed by atoms with E-state index >= 15 is 0 Å². The Morgan fingerprint density at radius 2 is 1.95 bits per heavy atom. The number of carbonyl (C=O) groups excluding carboxylic acids is 2. The number of hydrogen-bond acceptors (Lipinski definition) is 3. The Labute approximate surface area is 221 Å². The third-order valence-electron chi connectivity index (χ3n) is 7.37. The molecule has 0 bridgehead atoms. The fourth-order valence-corrected chi connectivity index (χ4v) is 4.97. The summed E-state index contributed by atoms with van der Waals surface area (Å²) >= 11 is 0. The first kappa shape index (κ1) is 26.6. The number of amidine groups is 1. The Morgan fingerprint density at radius 3 is 2.51 bits per heavy atom. The summed E-state index contributed by atoms with van der Waals surface area (Å²) < 4.78 is 0. The highest BCUT2D eigenvalue weighted by molar-refractivity contribution is 6.15. The second-order valence-electron chi connectivity index (χ2n) is 11.0. The van der Waals surface area contributed by atoms with Gasteiger partial charge in [0.25, 0.3) is 5.91 Å². The molecule has 0 aromatic heterocycles. The molecule has 1 aromatic rings. The molecular formula is C32H39N3O2. The van der Waals surface area contributed by atoms with Crippen molar-refractivity contribution < 1.29 is 9.59 Å². The van der Waals surface area contributed by atoms with Crippen molar-refractivity contribution in [2.75, 3.05) is 19.6 Å². The van der Waals surface area contributed by atoms with Crippen LogP contribution in [0.4, 0.5) is 0 Å². The average molecular weight is 498 g/mol. The number of benzene rings is 1. The summed E-state index contributed by atoms with van der Waals surface area (Å²) in [4.78, 5) is 34.3. The van der Waals surface area contributed by atoms with Crippen LogP contribution < -0.4 is 0 Å². The van der Waals surface area contributed by atoms with E-state index < -0.39 is 5.54 Å². The van der Waals surface area contributed by atoms with Crippen LogP contribution in [0.1, 0.15) is 57.2 Å². The third kappa shape index (κ3) is 5.61. The molecule has 5 heteroatoms. The monoisotopic (exact) mass is 497 g/mol. The van der Waals surface area contributed by atoms with Crippen LogP contribution in [0, 0.1) is 18.8 Å². The van der Waals surface area contributed by atoms with Gasteiger partial charge < -0.3 is 4.90 Å². The van der Waals surface area contributed by atoms with E-state index in [1.807, 2.05) is 49.6 Å². The largest absolute Gasteiger partial charge is 0.342 e. The minimum absolute atomic E-state index is 0.0233. The highest BCUT2D eigenvalue weighted by Gasteiger charge is 2.45. The van der Waals surface area contributed by atoms with E-state index in [4.69, 9.17) is 4.99 Å². The quantitative estimate of drug-likeness (QED) is 0.400. The van der Waals surface area contributed by atoms with Crippen molar-refractivity contribution in [1.29, 1.82) is 0 Å². The molecular weight excluding hydrogens is 458 g/mol. The van der Waals surface area contributed by atoms with E-state index in [-0.39, 0.29) is 23.7 Å². The molecule has 194 valence electrons. The van der Waals surface area contributed by atoms with Crippen LogP contribution in [0.25, 0.3) is 5.57 Å². The zero-order valence-electron chi connectivity index (χ0n) is 22.9. The van der Waals surface area contributed by atoms with Gasteiger partial charge in [0.1, 0.15) is 11.4 Å². The molecule has 4 rings (SSSR count). The molecule has 0 N–H and O–H groups in total. The summed E-state index contributed by atoms with van der Waals surface area (Å²) in [6.07, 6.45) is 12.0. The van der Waals surface area contributed by atoms with Gasteiger partial charge in [-0.05, 0) is 75.8 Å². The minimum Gasteiger partial charge on any atom is -0.342 e. The molecule has 2 aliphatic heterocycles. The number of aryl methyl sites for hydroxylation is 1. The van der Waals surface area contributed by atoms with Crippen LogP contribution in [0.2, 0.25) is 0 Å². The van der Waals surface area contributed by atoms with Gasteiger partial charge in [0.2, 0.25) is 5.91 Å². The van der Waals surface area contributed by atoms with Crippen molar-refractivity contribution in [2.45, 2.75) is 53.0 Å². The lowest BCUT2D eigenvalue weighted by molar-refractivity contribution is -0.140. The minimum atomic E-state index is -0.793. The van der Waals surface area contributed by atoms with E-state index in [2.05, 4.69) is 50.4 Å². The highest BCUT2D eigenvalue weighted by atomic mass is 16.2. The first-order chi connectivity index (χ1) is 17.6. The van der Waals surface area contributed by atoms with Crippen LogP contribution in [0.5, 0.6) is 0 Å². The molecule has 1 saturated heterocycles. The Bertz CT molecular complexity index is 1250. The molecule has 0 radical (unpaired) electrons. The number of aliphatic imine (C=N–C) groups is 1. The number of rotatable bonds is 9. The van der Waals surface area contributed by atoms with Crippen LogP contribution in [0.15, 0.2) is 77.9 Å².